The van der Waals surface area contributed by atoms with E-state index in [9.17, 15) is 4.79 Å². The van der Waals surface area contributed by atoms with Gasteiger partial charge in [0, 0.05) is 19.0 Å². The summed E-state index contributed by atoms with van der Waals surface area (Å²) in [6, 6.07) is 20.8. The molecule has 1 amide bonds. The lowest BCUT2D eigenvalue weighted by molar-refractivity contribution is -0.126. The minimum atomic E-state index is -0.0414. The number of nitrogens with zero attached hydrogens (tertiary/aromatic N) is 1. The number of ether oxygens (including phenoxy) is 1. The lowest BCUT2D eigenvalue weighted by Crippen LogP contribution is -2.41. The van der Waals surface area contributed by atoms with Crippen molar-refractivity contribution < 1.29 is 9.53 Å². The summed E-state index contributed by atoms with van der Waals surface area (Å²) in [5.74, 6) is 0.380. The molecule has 2 aromatic rings. The first kappa shape index (κ1) is 19.6. The summed E-state index contributed by atoms with van der Waals surface area (Å²) in [5, 5.41) is 2.94. The van der Waals surface area contributed by atoms with Crippen molar-refractivity contribution in [2.75, 3.05) is 32.8 Å². The summed E-state index contributed by atoms with van der Waals surface area (Å²) in [6.07, 6.45) is 1.83. The molecule has 3 rings (SSSR count). The van der Waals surface area contributed by atoms with Gasteiger partial charge in [-0.3, -0.25) is 4.79 Å². The Morgan fingerprint density at radius 2 is 1.59 bits per heavy atom. The summed E-state index contributed by atoms with van der Waals surface area (Å²) < 4.78 is 6.31. The van der Waals surface area contributed by atoms with Crippen molar-refractivity contribution in [3.05, 3.63) is 71.8 Å². The fourth-order valence-corrected chi connectivity index (χ4v) is 3.68. The topological polar surface area (TPSA) is 41.6 Å². The minimum Gasteiger partial charge on any atom is -0.367 e. The number of nitrogens with one attached hydrogen (secondary N) is 1. The molecule has 1 aliphatic rings. The molecule has 0 aliphatic carbocycles. The second kappa shape index (κ2) is 10.2. The first-order valence-corrected chi connectivity index (χ1v) is 9.99. The molecule has 0 spiro atoms. The largest absolute Gasteiger partial charge is 0.367 e. The molecule has 2 aromatic carbocycles. The molecule has 4 nitrogen and oxygen atoms in total. The molecule has 1 fully saturated rings. The summed E-state index contributed by atoms with van der Waals surface area (Å²) in [7, 11) is 0. The smallest absolute Gasteiger partial charge is 0.223 e. The van der Waals surface area contributed by atoms with Gasteiger partial charge in [-0.05, 0) is 44.0 Å². The van der Waals surface area contributed by atoms with Crippen LogP contribution in [-0.2, 0) is 9.53 Å². The number of likely N-dealkylation sites (tertiary alicyclic amines) is 1. The Morgan fingerprint density at radius 3 is 2.11 bits per heavy atom. The third kappa shape index (κ3) is 5.65. The Bertz CT molecular complexity index is 643. The average Bonchev–Trinajstić information content (AvgIpc) is 2.73. The quantitative estimate of drug-likeness (QED) is 0.775. The highest BCUT2D eigenvalue weighted by molar-refractivity contribution is 5.78. The van der Waals surface area contributed by atoms with E-state index in [1.807, 2.05) is 19.1 Å². The van der Waals surface area contributed by atoms with Gasteiger partial charge in [0.15, 0.2) is 0 Å². The average molecular weight is 367 g/mol. The standard InChI is InChI=1S/C23H30N2O2/c1-2-24-23(26)21-13-15-25(16-14-21)17-18-27-22(19-9-5-3-6-10-19)20-11-7-4-8-12-20/h3-12,21-22H,2,13-18H2,1H3,(H,24,26). The van der Waals surface area contributed by atoms with Crippen LogP contribution in [0.5, 0.6) is 0 Å². The van der Waals surface area contributed by atoms with E-state index in [1.165, 1.54) is 11.1 Å². The van der Waals surface area contributed by atoms with E-state index in [2.05, 4.69) is 58.7 Å². The van der Waals surface area contributed by atoms with Crippen LogP contribution in [0.4, 0.5) is 0 Å². The lowest BCUT2D eigenvalue weighted by Gasteiger charge is -2.31. The fourth-order valence-electron chi connectivity index (χ4n) is 3.68. The van der Waals surface area contributed by atoms with Crippen molar-refractivity contribution in [1.82, 2.24) is 10.2 Å². The van der Waals surface area contributed by atoms with Gasteiger partial charge in [0.25, 0.3) is 0 Å². The molecule has 0 radical (unpaired) electrons. The van der Waals surface area contributed by atoms with Gasteiger partial charge < -0.3 is 15.0 Å². The van der Waals surface area contributed by atoms with Gasteiger partial charge in [0.05, 0.1) is 6.61 Å². The number of carbonyl (C=O) groups excluding carboxylic acids is 1. The predicted molar refractivity (Wildman–Crippen MR) is 109 cm³/mol. The van der Waals surface area contributed by atoms with Crippen molar-refractivity contribution >= 4 is 5.91 Å². The van der Waals surface area contributed by atoms with E-state index in [1.54, 1.807) is 0 Å². The Hall–Kier alpha value is -2.17. The number of hydrogen-bond donors (Lipinski definition) is 1. The van der Waals surface area contributed by atoms with Crippen molar-refractivity contribution in [1.29, 1.82) is 0 Å². The highest BCUT2D eigenvalue weighted by atomic mass is 16.5. The second-order valence-corrected chi connectivity index (χ2v) is 7.08. The maximum Gasteiger partial charge on any atom is 0.223 e. The van der Waals surface area contributed by atoms with Crippen molar-refractivity contribution in [2.45, 2.75) is 25.9 Å². The van der Waals surface area contributed by atoms with Gasteiger partial charge in [-0.1, -0.05) is 60.7 Å². The maximum atomic E-state index is 12.0. The zero-order chi connectivity index (χ0) is 18.9. The predicted octanol–water partition coefficient (Wildman–Crippen LogP) is 3.64. The number of benzene rings is 2. The molecule has 0 bridgehead atoms. The van der Waals surface area contributed by atoms with Gasteiger partial charge in [-0.25, -0.2) is 0 Å². The molecule has 0 unspecified atom stereocenters. The SMILES string of the molecule is CCNC(=O)C1CCN(CCOC(c2ccccc2)c2ccccc2)CC1. The Kier molecular flexibility index (Phi) is 7.43. The lowest BCUT2D eigenvalue weighted by atomic mass is 9.96. The number of rotatable bonds is 8. The molecule has 1 saturated heterocycles. The van der Waals surface area contributed by atoms with E-state index >= 15 is 0 Å². The molecule has 0 atom stereocenters. The molecule has 1 N–H and O–H groups in total. The molecule has 1 heterocycles. The van der Waals surface area contributed by atoms with Crippen molar-refractivity contribution in [3.8, 4) is 0 Å². The van der Waals surface area contributed by atoms with Crippen LogP contribution in [0.15, 0.2) is 60.7 Å². The van der Waals surface area contributed by atoms with Crippen LogP contribution in [-0.4, -0.2) is 43.6 Å². The third-order valence-corrected chi connectivity index (χ3v) is 5.21. The van der Waals surface area contributed by atoms with Crippen LogP contribution < -0.4 is 5.32 Å². The van der Waals surface area contributed by atoms with E-state index in [4.69, 9.17) is 4.74 Å². The van der Waals surface area contributed by atoms with Crippen LogP contribution in [0.2, 0.25) is 0 Å². The van der Waals surface area contributed by atoms with E-state index < -0.39 is 0 Å². The molecule has 27 heavy (non-hydrogen) atoms. The zero-order valence-electron chi connectivity index (χ0n) is 16.1. The van der Waals surface area contributed by atoms with Crippen LogP contribution in [0, 0.1) is 5.92 Å². The van der Waals surface area contributed by atoms with Gasteiger partial charge >= 0.3 is 0 Å². The zero-order valence-corrected chi connectivity index (χ0v) is 16.1. The van der Waals surface area contributed by atoms with Crippen LogP contribution in [0.1, 0.15) is 37.0 Å². The first-order valence-electron chi connectivity index (χ1n) is 9.99. The van der Waals surface area contributed by atoms with Crippen LogP contribution in [0.3, 0.4) is 0 Å². The number of piperidine rings is 1. The van der Waals surface area contributed by atoms with Crippen LogP contribution in [0.25, 0.3) is 0 Å². The van der Waals surface area contributed by atoms with Gasteiger partial charge in [-0.15, -0.1) is 0 Å². The molecular formula is C23H30N2O2. The summed E-state index contributed by atoms with van der Waals surface area (Å²) >= 11 is 0. The first-order chi connectivity index (χ1) is 13.3. The molecular weight excluding hydrogens is 336 g/mol. The second-order valence-electron chi connectivity index (χ2n) is 7.08. The van der Waals surface area contributed by atoms with Crippen molar-refractivity contribution in [3.63, 3.8) is 0 Å². The van der Waals surface area contributed by atoms with Gasteiger partial charge in [0.2, 0.25) is 5.91 Å². The Labute approximate surface area is 162 Å². The Balaban J connectivity index is 1.51. The van der Waals surface area contributed by atoms with E-state index in [0.29, 0.717) is 13.2 Å². The monoisotopic (exact) mass is 366 g/mol. The number of hydrogen-bond acceptors (Lipinski definition) is 3. The fraction of sp³-hybridized carbons (Fsp3) is 0.435. The summed E-state index contributed by atoms with van der Waals surface area (Å²) in [5.41, 5.74) is 2.36. The number of amides is 1. The highest BCUT2D eigenvalue weighted by Gasteiger charge is 2.24. The molecule has 1 aliphatic heterocycles. The summed E-state index contributed by atoms with van der Waals surface area (Å²) in [6.45, 7) is 6.20. The molecule has 0 saturated carbocycles. The van der Waals surface area contributed by atoms with Crippen molar-refractivity contribution in [2.24, 2.45) is 5.92 Å². The molecule has 144 valence electrons. The van der Waals surface area contributed by atoms with Gasteiger partial charge in [-0.2, -0.15) is 0 Å². The van der Waals surface area contributed by atoms with Gasteiger partial charge in [0.1, 0.15) is 6.10 Å². The summed E-state index contributed by atoms with van der Waals surface area (Å²) in [4.78, 5) is 14.4. The maximum absolute atomic E-state index is 12.0. The Morgan fingerprint density at radius 1 is 1.04 bits per heavy atom. The highest BCUT2D eigenvalue weighted by Crippen LogP contribution is 2.26. The van der Waals surface area contributed by atoms with E-state index in [-0.39, 0.29) is 17.9 Å². The molecule has 4 heteroatoms. The molecule has 0 aromatic heterocycles. The number of carbonyl (C=O) groups is 1. The third-order valence-electron chi connectivity index (χ3n) is 5.21. The minimum absolute atomic E-state index is 0.0414. The van der Waals surface area contributed by atoms with E-state index in [0.717, 1.165) is 32.5 Å². The van der Waals surface area contributed by atoms with Crippen LogP contribution >= 0.6 is 0 Å². The normalized spacial score (nSPS) is 15.8.